The van der Waals surface area contributed by atoms with Crippen LogP contribution in [0.15, 0.2) is 70.7 Å². The molecule has 0 unspecified atom stereocenters. The molecule has 0 saturated heterocycles. The summed E-state index contributed by atoms with van der Waals surface area (Å²) in [5.41, 5.74) is 1.10. The van der Waals surface area contributed by atoms with Crippen molar-refractivity contribution in [3.8, 4) is 0 Å². The minimum atomic E-state index is -0.665. The molecule has 0 bridgehead atoms. The van der Waals surface area contributed by atoms with E-state index in [4.69, 9.17) is 4.42 Å². The Hall–Kier alpha value is -2.31. The topological polar surface area (TPSA) is 59.3 Å². The number of furan rings is 1. The fourth-order valence-corrected chi connectivity index (χ4v) is 3.87. The lowest BCUT2D eigenvalue weighted by atomic mass is 10.2. The monoisotopic (exact) mass is 357 g/mol. The van der Waals surface area contributed by atoms with E-state index < -0.39 is 11.3 Å². The predicted molar refractivity (Wildman–Crippen MR) is 96.3 cm³/mol. The number of hydrogen-bond acceptors (Lipinski definition) is 5. The quantitative estimate of drug-likeness (QED) is 0.508. The molecule has 2 heterocycles. The van der Waals surface area contributed by atoms with Gasteiger partial charge in [-0.2, -0.15) is 0 Å². The summed E-state index contributed by atoms with van der Waals surface area (Å²) in [5, 5.41) is 3.95. The number of carbonyl (C=O) groups excluding carboxylic acids is 2. The first kappa shape index (κ1) is 16.5. The fourth-order valence-electron chi connectivity index (χ4n) is 2.08. The van der Waals surface area contributed by atoms with Crippen LogP contribution in [0.2, 0.25) is 0 Å². The molecule has 3 rings (SSSR count). The Morgan fingerprint density at radius 1 is 1.08 bits per heavy atom. The van der Waals surface area contributed by atoms with Gasteiger partial charge in [0.1, 0.15) is 5.37 Å². The molecule has 1 aromatic carbocycles. The second kappa shape index (κ2) is 7.99. The van der Waals surface area contributed by atoms with Gasteiger partial charge in [0, 0.05) is 5.75 Å². The Bertz CT molecular complexity index is 783. The minimum Gasteiger partial charge on any atom is -0.459 e. The largest absolute Gasteiger partial charge is 0.459 e. The summed E-state index contributed by atoms with van der Waals surface area (Å²) >= 11 is 2.76. The molecule has 6 heteroatoms. The van der Waals surface area contributed by atoms with Crippen LogP contribution >= 0.6 is 23.1 Å². The lowest BCUT2D eigenvalue weighted by Crippen LogP contribution is -2.38. The van der Waals surface area contributed by atoms with Gasteiger partial charge in [-0.25, -0.2) is 0 Å². The molecule has 24 heavy (non-hydrogen) atoms. The lowest BCUT2D eigenvalue weighted by molar-refractivity contribution is 0.0875. The third-order valence-electron chi connectivity index (χ3n) is 3.27. The number of thioether (sulfide) groups is 1. The van der Waals surface area contributed by atoms with Gasteiger partial charge in [0.15, 0.2) is 5.76 Å². The van der Waals surface area contributed by atoms with Crippen molar-refractivity contribution in [2.45, 2.75) is 11.1 Å². The molecular formula is C18H15NO3S2. The number of hydrogen-bond donors (Lipinski definition) is 1. The normalized spacial score (nSPS) is 11.8. The first-order valence-electron chi connectivity index (χ1n) is 7.31. The minimum absolute atomic E-state index is 0.106. The van der Waals surface area contributed by atoms with Crippen molar-refractivity contribution in [2.24, 2.45) is 0 Å². The highest BCUT2D eigenvalue weighted by Gasteiger charge is 2.24. The molecule has 122 valence electrons. The number of thiophene rings is 1. The maximum absolute atomic E-state index is 12.7. The smallest absolute Gasteiger partial charge is 0.288 e. The average molecular weight is 357 g/mol. The standard InChI is InChI=1S/C18H15NO3S2/c20-16(15-9-5-11-23-15)18(19-17(21)14-8-4-10-22-14)24-12-13-6-2-1-3-7-13/h1-11,18H,12H2,(H,19,21)/t18-/m1/s1. The first-order valence-corrected chi connectivity index (χ1v) is 9.24. The summed E-state index contributed by atoms with van der Waals surface area (Å²) in [6, 6.07) is 16.6. The Labute approximate surface area is 147 Å². The van der Waals surface area contributed by atoms with Crippen LogP contribution in [-0.4, -0.2) is 17.1 Å². The van der Waals surface area contributed by atoms with Gasteiger partial charge in [0.2, 0.25) is 5.78 Å². The van der Waals surface area contributed by atoms with E-state index in [0.717, 1.165) is 5.56 Å². The summed E-state index contributed by atoms with van der Waals surface area (Å²) in [7, 11) is 0. The molecule has 0 aliphatic heterocycles. The van der Waals surface area contributed by atoms with Gasteiger partial charge < -0.3 is 9.73 Å². The second-order valence-electron chi connectivity index (χ2n) is 4.97. The van der Waals surface area contributed by atoms with Crippen molar-refractivity contribution < 1.29 is 14.0 Å². The van der Waals surface area contributed by atoms with Crippen molar-refractivity contribution in [3.05, 3.63) is 82.4 Å². The third-order valence-corrected chi connectivity index (χ3v) is 5.32. The Kier molecular flexibility index (Phi) is 5.51. The molecule has 4 nitrogen and oxygen atoms in total. The Balaban J connectivity index is 1.73. The number of ketones is 1. The lowest BCUT2D eigenvalue weighted by Gasteiger charge is -2.16. The first-order chi connectivity index (χ1) is 11.7. The van der Waals surface area contributed by atoms with Gasteiger partial charge in [-0.1, -0.05) is 36.4 Å². The molecule has 0 aliphatic rings. The molecule has 1 N–H and O–H groups in total. The Morgan fingerprint density at radius 3 is 2.58 bits per heavy atom. The molecule has 0 radical (unpaired) electrons. The van der Waals surface area contributed by atoms with Crippen molar-refractivity contribution in [1.82, 2.24) is 5.32 Å². The highest BCUT2D eigenvalue weighted by molar-refractivity contribution is 7.99. The average Bonchev–Trinajstić information content (AvgIpc) is 3.32. The molecule has 1 atom stereocenters. The van der Waals surface area contributed by atoms with Crippen LogP contribution in [0.3, 0.4) is 0 Å². The number of carbonyl (C=O) groups is 2. The van der Waals surface area contributed by atoms with E-state index in [1.807, 2.05) is 41.8 Å². The predicted octanol–water partition coefficient (Wildman–Crippen LogP) is 4.21. The zero-order valence-corrected chi connectivity index (χ0v) is 14.3. The van der Waals surface area contributed by atoms with Crippen molar-refractivity contribution in [2.75, 3.05) is 0 Å². The van der Waals surface area contributed by atoms with Crippen LogP contribution in [0.25, 0.3) is 0 Å². The van der Waals surface area contributed by atoms with Crippen LogP contribution in [-0.2, 0) is 5.75 Å². The van der Waals surface area contributed by atoms with E-state index in [1.165, 1.54) is 29.4 Å². The summed E-state index contributed by atoms with van der Waals surface area (Å²) in [4.78, 5) is 25.5. The summed E-state index contributed by atoms with van der Waals surface area (Å²) in [5.74, 6) is 0.321. The molecule has 0 spiro atoms. The zero-order valence-electron chi connectivity index (χ0n) is 12.7. The number of benzene rings is 1. The Morgan fingerprint density at radius 2 is 1.92 bits per heavy atom. The summed E-state index contributed by atoms with van der Waals surface area (Å²) in [6.45, 7) is 0. The highest BCUT2D eigenvalue weighted by atomic mass is 32.2. The van der Waals surface area contributed by atoms with Crippen molar-refractivity contribution in [3.63, 3.8) is 0 Å². The van der Waals surface area contributed by atoms with Crippen molar-refractivity contribution in [1.29, 1.82) is 0 Å². The maximum Gasteiger partial charge on any atom is 0.288 e. The van der Waals surface area contributed by atoms with E-state index in [0.29, 0.717) is 10.6 Å². The summed E-state index contributed by atoms with van der Waals surface area (Å²) < 4.78 is 5.10. The van der Waals surface area contributed by atoms with Crippen LogP contribution in [0, 0.1) is 0 Å². The number of rotatable bonds is 7. The SMILES string of the molecule is O=C(N[C@H](SCc1ccccc1)C(=O)c1cccs1)c1ccco1. The molecule has 2 aromatic heterocycles. The number of nitrogens with one attached hydrogen (secondary N) is 1. The van der Waals surface area contributed by atoms with E-state index in [9.17, 15) is 9.59 Å². The fraction of sp³-hybridized carbons (Fsp3) is 0.111. The van der Waals surface area contributed by atoms with E-state index in [2.05, 4.69) is 5.32 Å². The van der Waals surface area contributed by atoms with Gasteiger partial charge in [0.05, 0.1) is 11.1 Å². The zero-order chi connectivity index (χ0) is 16.8. The molecule has 0 aliphatic carbocycles. The molecule has 0 saturated carbocycles. The van der Waals surface area contributed by atoms with Crippen molar-refractivity contribution >= 4 is 34.8 Å². The third kappa shape index (κ3) is 4.15. The van der Waals surface area contributed by atoms with Crippen LogP contribution in [0.4, 0.5) is 0 Å². The molecule has 1 amide bonds. The van der Waals surface area contributed by atoms with Crippen LogP contribution in [0.5, 0.6) is 0 Å². The number of Topliss-reactive ketones (excluding diaryl/α,β-unsaturated/α-hetero) is 1. The van der Waals surface area contributed by atoms with E-state index in [-0.39, 0.29) is 11.5 Å². The molecule has 3 aromatic rings. The van der Waals surface area contributed by atoms with Gasteiger partial charge >= 0.3 is 0 Å². The van der Waals surface area contributed by atoms with Gasteiger partial charge in [0.25, 0.3) is 5.91 Å². The molecule has 0 fully saturated rings. The van der Waals surface area contributed by atoms with Crippen LogP contribution < -0.4 is 5.32 Å². The van der Waals surface area contributed by atoms with E-state index >= 15 is 0 Å². The van der Waals surface area contributed by atoms with Gasteiger partial charge in [-0.05, 0) is 29.1 Å². The van der Waals surface area contributed by atoms with Crippen LogP contribution in [0.1, 0.15) is 25.8 Å². The van der Waals surface area contributed by atoms with E-state index in [1.54, 1.807) is 18.2 Å². The number of amides is 1. The maximum atomic E-state index is 12.7. The second-order valence-corrected chi connectivity index (χ2v) is 7.01. The highest BCUT2D eigenvalue weighted by Crippen LogP contribution is 2.22. The molecular weight excluding hydrogens is 342 g/mol. The van der Waals surface area contributed by atoms with Gasteiger partial charge in [-0.3, -0.25) is 9.59 Å². The summed E-state index contributed by atoms with van der Waals surface area (Å²) in [6.07, 6.45) is 1.43. The van der Waals surface area contributed by atoms with Gasteiger partial charge in [-0.15, -0.1) is 23.1 Å².